The topological polar surface area (TPSA) is 41.1 Å². The number of amides is 1. The van der Waals surface area contributed by atoms with E-state index in [4.69, 9.17) is 0 Å². The van der Waals surface area contributed by atoms with Crippen LogP contribution < -0.4 is 10.6 Å². The van der Waals surface area contributed by atoms with E-state index >= 15 is 0 Å². The third kappa shape index (κ3) is 3.00. The summed E-state index contributed by atoms with van der Waals surface area (Å²) in [5.74, 6) is 0.399. The van der Waals surface area contributed by atoms with Crippen LogP contribution in [0.2, 0.25) is 0 Å². The molecule has 1 atom stereocenters. The monoisotopic (exact) mass is 296 g/mol. The minimum absolute atomic E-state index is 0.192. The third-order valence-electron chi connectivity index (χ3n) is 4.64. The number of nitrogens with one attached hydrogen (secondary N) is 2. The molecule has 116 valence electrons. The van der Waals surface area contributed by atoms with Gasteiger partial charge < -0.3 is 10.6 Å². The van der Waals surface area contributed by atoms with Crippen molar-refractivity contribution in [1.29, 1.82) is 0 Å². The summed E-state index contributed by atoms with van der Waals surface area (Å²) in [6.07, 6.45) is 1.89. The highest BCUT2D eigenvalue weighted by atomic mass is 16.1. The van der Waals surface area contributed by atoms with Gasteiger partial charge in [-0.3, -0.25) is 4.79 Å². The highest BCUT2D eigenvalue weighted by Crippen LogP contribution is 2.31. The normalized spacial score (nSPS) is 22.1. The molecule has 0 aromatic heterocycles. The summed E-state index contributed by atoms with van der Waals surface area (Å²) in [5, 5.41) is 9.17. The average Bonchev–Trinajstić information content (AvgIpc) is 2.49. The van der Waals surface area contributed by atoms with E-state index in [1.165, 1.54) is 16.3 Å². The quantitative estimate of drug-likeness (QED) is 0.888. The Morgan fingerprint density at radius 3 is 2.68 bits per heavy atom. The Morgan fingerprint density at radius 2 is 1.91 bits per heavy atom. The number of hydrogen-bond donors (Lipinski definition) is 2. The van der Waals surface area contributed by atoms with Gasteiger partial charge in [-0.2, -0.15) is 0 Å². The van der Waals surface area contributed by atoms with Crippen molar-refractivity contribution in [2.75, 3.05) is 6.54 Å². The van der Waals surface area contributed by atoms with Crippen LogP contribution in [0.3, 0.4) is 0 Å². The van der Waals surface area contributed by atoms with Gasteiger partial charge in [-0.05, 0) is 43.0 Å². The van der Waals surface area contributed by atoms with E-state index in [0.717, 1.165) is 19.4 Å². The lowest BCUT2D eigenvalue weighted by Crippen LogP contribution is -2.48. The molecule has 3 heteroatoms. The number of benzene rings is 2. The number of hydrogen-bond acceptors (Lipinski definition) is 2. The summed E-state index contributed by atoms with van der Waals surface area (Å²) in [7, 11) is 0. The molecule has 2 N–H and O–H groups in total. The first-order valence-electron chi connectivity index (χ1n) is 8.20. The fraction of sp³-hybridized carbons (Fsp3) is 0.421. The van der Waals surface area contributed by atoms with Gasteiger partial charge in [-0.25, -0.2) is 0 Å². The lowest BCUT2D eigenvalue weighted by Gasteiger charge is -2.37. The Bertz CT molecular complexity index is 656. The fourth-order valence-electron chi connectivity index (χ4n) is 3.36. The van der Waals surface area contributed by atoms with Crippen LogP contribution in [0, 0.1) is 5.92 Å². The maximum atomic E-state index is 11.8. The standard InChI is InChI=1S/C19H24N2O/c1-3-20-19(22)15-11-16(12-15)21-13(2)17-10-6-8-14-7-4-5-9-18(14)17/h4-10,13,15-16,21H,3,11-12H2,1-2H3,(H,20,22)/t13-,15?,16?/m1/s1. The number of rotatable bonds is 5. The highest BCUT2D eigenvalue weighted by Gasteiger charge is 2.34. The van der Waals surface area contributed by atoms with Gasteiger partial charge in [0.15, 0.2) is 0 Å². The lowest BCUT2D eigenvalue weighted by atomic mass is 9.79. The molecule has 2 aromatic rings. The number of fused-ring (bicyclic) bond motifs is 1. The van der Waals surface area contributed by atoms with Gasteiger partial charge in [-0.15, -0.1) is 0 Å². The minimum Gasteiger partial charge on any atom is -0.356 e. The number of carbonyl (C=O) groups is 1. The van der Waals surface area contributed by atoms with E-state index in [1.54, 1.807) is 0 Å². The van der Waals surface area contributed by atoms with Crippen molar-refractivity contribution in [3.05, 3.63) is 48.0 Å². The van der Waals surface area contributed by atoms with Crippen LogP contribution in [0.25, 0.3) is 10.8 Å². The van der Waals surface area contributed by atoms with E-state index in [0.29, 0.717) is 12.1 Å². The second-order valence-electron chi connectivity index (χ2n) is 6.22. The predicted octanol–water partition coefficient (Wildman–Crippen LogP) is 3.41. The second kappa shape index (κ2) is 6.49. The van der Waals surface area contributed by atoms with Crippen molar-refractivity contribution in [2.24, 2.45) is 5.92 Å². The molecule has 0 saturated heterocycles. The van der Waals surface area contributed by atoms with Gasteiger partial charge >= 0.3 is 0 Å². The van der Waals surface area contributed by atoms with Crippen molar-refractivity contribution in [3.63, 3.8) is 0 Å². The van der Waals surface area contributed by atoms with Gasteiger partial charge in [-0.1, -0.05) is 42.5 Å². The van der Waals surface area contributed by atoms with Crippen LogP contribution in [-0.4, -0.2) is 18.5 Å². The molecule has 1 aliphatic carbocycles. The molecule has 1 fully saturated rings. The first-order valence-corrected chi connectivity index (χ1v) is 8.20. The summed E-state index contributed by atoms with van der Waals surface area (Å²) >= 11 is 0. The first-order chi connectivity index (χ1) is 10.7. The molecule has 2 aromatic carbocycles. The van der Waals surface area contributed by atoms with Crippen LogP contribution in [0.15, 0.2) is 42.5 Å². The summed E-state index contributed by atoms with van der Waals surface area (Å²) in [6, 6.07) is 15.7. The Morgan fingerprint density at radius 1 is 1.18 bits per heavy atom. The Balaban J connectivity index is 1.63. The average molecular weight is 296 g/mol. The summed E-state index contributed by atoms with van der Waals surface area (Å²) in [5.41, 5.74) is 1.33. The van der Waals surface area contributed by atoms with Crippen molar-refractivity contribution in [3.8, 4) is 0 Å². The zero-order valence-corrected chi connectivity index (χ0v) is 13.3. The molecule has 1 aliphatic rings. The minimum atomic E-state index is 0.192. The smallest absolute Gasteiger partial charge is 0.223 e. The molecule has 22 heavy (non-hydrogen) atoms. The SMILES string of the molecule is CCNC(=O)C1CC(N[C@H](C)c2cccc3ccccc23)C1. The predicted molar refractivity (Wildman–Crippen MR) is 90.7 cm³/mol. The molecule has 0 spiro atoms. The molecule has 0 heterocycles. The molecule has 0 radical (unpaired) electrons. The van der Waals surface area contributed by atoms with E-state index in [2.05, 4.69) is 60.0 Å². The Hall–Kier alpha value is -1.87. The van der Waals surface area contributed by atoms with Crippen LogP contribution in [0.1, 0.15) is 38.3 Å². The van der Waals surface area contributed by atoms with Gasteiger partial charge in [0.2, 0.25) is 5.91 Å². The van der Waals surface area contributed by atoms with E-state index in [-0.39, 0.29) is 11.8 Å². The van der Waals surface area contributed by atoms with Crippen LogP contribution in [0.5, 0.6) is 0 Å². The van der Waals surface area contributed by atoms with Crippen molar-refractivity contribution >= 4 is 16.7 Å². The summed E-state index contributed by atoms with van der Waals surface area (Å²) < 4.78 is 0. The van der Waals surface area contributed by atoms with Gasteiger partial charge in [0.25, 0.3) is 0 Å². The summed E-state index contributed by atoms with van der Waals surface area (Å²) in [4.78, 5) is 11.8. The molecule has 1 amide bonds. The molecular weight excluding hydrogens is 272 g/mol. The first kappa shape index (κ1) is 15.0. The van der Waals surface area contributed by atoms with Crippen LogP contribution in [-0.2, 0) is 4.79 Å². The van der Waals surface area contributed by atoms with Gasteiger partial charge in [0, 0.05) is 24.5 Å². The zero-order chi connectivity index (χ0) is 15.5. The maximum Gasteiger partial charge on any atom is 0.223 e. The third-order valence-corrected chi connectivity index (χ3v) is 4.64. The van der Waals surface area contributed by atoms with Crippen molar-refractivity contribution in [2.45, 2.75) is 38.8 Å². The van der Waals surface area contributed by atoms with Crippen molar-refractivity contribution in [1.82, 2.24) is 10.6 Å². The zero-order valence-electron chi connectivity index (χ0n) is 13.3. The lowest BCUT2D eigenvalue weighted by molar-refractivity contribution is -0.128. The molecule has 3 rings (SSSR count). The Labute approximate surface area is 132 Å². The highest BCUT2D eigenvalue weighted by molar-refractivity contribution is 5.86. The van der Waals surface area contributed by atoms with Gasteiger partial charge in [0.05, 0.1) is 0 Å². The largest absolute Gasteiger partial charge is 0.356 e. The molecular formula is C19H24N2O. The molecule has 1 saturated carbocycles. The number of carbonyl (C=O) groups excluding carboxylic acids is 1. The molecule has 0 unspecified atom stereocenters. The molecule has 3 nitrogen and oxygen atoms in total. The van der Waals surface area contributed by atoms with E-state index in [1.807, 2.05) is 6.92 Å². The molecule has 0 bridgehead atoms. The van der Waals surface area contributed by atoms with E-state index in [9.17, 15) is 4.79 Å². The summed E-state index contributed by atoms with van der Waals surface area (Å²) in [6.45, 7) is 4.90. The Kier molecular flexibility index (Phi) is 4.44. The fourth-order valence-corrected chi connectivity index (χ4v) is 3.36. The van der Waals surface area contributed by atoms with E-state index < -0.39 is 0 Å². The van der Waals surface area contributed by atoms with Gasteiger partial charge in [0.1, 0.15) is 0 Å². The van der Waals surface area contributed by atoms with Crippen LogP contribution in [0.4, 0.5) is 0 Å². The van der Waals surface area contributed by atoms with Crippen molar-refractivity contribution < 1.29 is 4.79 Å². The van der Waals surface area contributed by atoms with Crippen LogP contribution >= 0.6 is 0 Å². The second-order valence-corrected chi connectivity index (χ2v) is 6.22. The molecule has 0 aliphatic heterocycles. The maximum absolute atomic E-state index is 11.8.